The SMILES string of the molecule is CCCCN(CCCC)S(=O)(=O)c1ccc(C(=O)N=c2sc3c(C)cc(C)cc3n2CC(=O)OC)cc1. The standard InChI is InChI=1S/C27H35N3O5S2/c1-6-8-14-29(15-9-7-2)37(33,34)22-12-10-21(11-13-22)26(32)28-27-30(18-24(31)35-5)23-17-19(3)16-20(4)25(23)36-27/h10-13,16-17H,6-9,14-15,18H2,1-5H3. The summed E-state index contributed by atoms with van der Waals surface area (Å²) < 4.78 is 35.4. The van der Waals surface area contributed by atoms with Crippen molar-refractivity contribution in [1.29, 1.82) is 0 Å². The number of carbonyl (C=O) groups is 2. The molecule has 3 rings (SSSR count). The second-order valence-electron chi connectivity index (χ2n) is 9.03. The molecule has 0 saturated carbocycles. The Hall–Kier alpha value is -2.82. The van der Waals surface area contributed by atoms with E-state index in [4.69, 9.17) is 4.74 Å². The zero-order valence-electron chi connectivity index (χ0n) is 22.1. The van der Waals surface area contributed by atoms with Gasteiger partial charge in [0.2, 0.25) is 10.0 Å². The predicted molar refractivity (Wildman–Crippen MR) is 146 cm³/mol. The van der Waals surface area contributed by atoms with Crippen LogP contribution in [-0.2, 0) is 26.1 Å². The van der Waals surface area contributed by atoms with Gasteiger partial charge in [0.15, 0.2) is 4.80 Å². The first-order chi connectivity index (χ1) is 17.6. The van der Waals surface area contributed by atoms with Crippen molar-refractivity contribution in [1.82, 2.24) is 8.87 Å². The highest BCUT2D eigenvalue weighted by molar-refractivity contribution is 7.89. The minimum Gasteiger partial charge on any atom is -0.468 e. The van der Waals surface area contributed by atoms with Gasteiger partial charge in [0.25, 0.3) is 5.91 Å². The summed E-state index contributed by atoms with van der Waals surface area (Å²) in [4.78, 5) is 30.0. The number of hydrogen-bond acceptors (Lipinski definition) is 6. The fraction of sp³-hybridized carbons (Fsp3) is 0.444. The number of hydrogen-bond donors (Lipinski definition) is 0. The molecule has 1 aromatic heterocycles. The number of carbonyl (C=O) groups excluding carboxylic acids is 2. The van der Waals surface area contributed by atoms with Crippen LogP contribution in [0.1, 0.15) is 61.0 Å². The second-order valence-corrected chi connectivity index (χ2v) is 11.9. The van der Waals surface area contributed by atoms with Crippen molar-refractivity contribution >= 4 is 43.5 Å². The van der Waals surface area contributed by atoms with Crippen molar-refractivity contribution in [2.24, 2.45) is 4.99 Å². The molecule has 37 heavy (non-hydrogen) atoms. The zero-order valence-corrected chi connectivity index (χ0v) is 23.7. The molecular formula is C27H35N3O5S2. The molecule has 200 valence electrons. The largest absolute Gasteiger partial charge is 0.468 e. The first-order valence-electron chi connectivity index (χ1n) is 12.5. The molecule has 0 unspecified atom stereocenters. The summed E-state index contributed by atoms with van der Waals surface area (Å²) in [6.07, 6.45) is 3.38. The molecule has 0 bridgehead atoms. The summed E-state index contributed by atoms with van der Waals surface area (Å²) in [5.74, 6) is -0.963. The number of rotatable bonds is 11. The van der Waals surface area contributed by atoms with E-state index in [2.05, 4.69) is 4.99 Å². The molecule has 1 amide bonds. The molecule has 0 aliphatic heterocycles. The summed E-state index contributed by atoms with van der Waals surface area (Å²) >= 11 is 1.33. The Balaban J connectivity index is 1.97. The van der Waals surface area contributed by atoms with Crippen molar-refractivity contribution in [3.05, 3.63) is 57.9 Å². The highest BCUT2D eigenvalue weighted by Crippen LogP contribution is 2.24. The molecule has 1 heterocycles. The minimum absolute atomic E-state index is 0.0754. The Bertz CT molecular complexity index is 1430. The average Bonchev–Trinajstić information content (AvgIpc) is 3.20. The minimum atomic E-state index is -3.66. The lowest BCUT2D eigenvalue weighted by molar-refractivity contribution is -0.141. The number of benzene rings is 2. The summed E-state index contributed by atoms with van der Waals surface area (Å²) in [5, 5.41) is 0. The smallest absolute Gasteiger partial charge is 0.325 e. The van der Waals surface area contributed by atoms with Crippen molar-refractivity contribution < 1.29 is 22.7 Å². The molecule has 0 aliphatic rings. The van der Waals surface area contributed by atoms with Crippen LogP contribution in [0, 0.1) is 13.8 Å². The van der Waals surface area contributed by atoms with Gasteiger partial charge in [-0.2, -0.15) is 9.30 Å². The Morgan fingerprint density at radius 1 is 1.03 bits per heavy atom. The van der Waals surface area contributed by atoms with Crippen molar-refractivity contribution in [2.75, 3.05) is 20.2 Å². The molecule has 10 heteroatoms. The van der Waals surface area contributed by atoms with E-state index < -0.39 is 21.9 Å². The normalized spacial score (nSPS) is 12.4. The first-order valence-corrected chi connectivity index (χ1v) is 14.7. The Morgan fingerprint density at radius 2 is 1.65 bits per heavy atom. The highest BCUT2D eigenvalue weighted by Gasteiger charge is 2.24. The zero-order chi connectivity index (χ0) is 27.2. The van der Waals surface area contributed by atoms with Gasteiger partial charge in [-0.3, -0.25) is 9.59 Å². The van der Waals surface area contributed by atoms with E-state index in [0.29, 0.717) is 17.9 Å². The third-order valence-corrected chi connectivity index (χ3v) is 9.23. The topological polar surface area (TPSA) is 98.0 Å². The van der Waals surface area contributed by atoms with E-state index in [9.17, 15) is 18.0 Å². The molecule has 0 saturated heterocycles. The van der Waals surface area contributed by atoms with Gasteiger partial charge in [0.1, 0.15) is 6.54 Å². The Morgan fingerprint density at radius 3 is 2.22 bits per heavy atom. The second kappa shape index (κ2) is 12.6. The predicted octanol–water partition coefficient (Wildman–Crippen LogP) is 4.82. The van der Waals surface area contributed by atoms with Gasteiger partial charge in [-0.1, -0.05) is 44.1 Å². The first kappa shape index (κ1) is 28.7. The maximum absolute atomic E-state index is 13.2. The van der Waals surface area contributed by atoms with Crippen molar-refractivity contribution in [3.63, 3.8) is 0 Å². The maximum Gasteiger partial charge on any atom is 0.325 e. The van der Waals surface area contributed by atoms with Gasteiger partial charge >= 0.3 is 5.97 Å². The Labute approximate surface area is 222 Å². The number of aryl methyl sites for hydroxylation is 2. The van der Waals surface area contributed by atoms with Crippen molar-refractivity contribution in [2.45, 2.75) is 64.8 Å². The van der Waals surface area contributed by atoms with E-state index in [1.165, 1.54) is 47.0 Å². The lowest BCUT2D eigenvalue weighted by atomic mass is 10.1. The van der Waals surface area contributed by atoms with E-state index in [0.717, 1.165) is 47.0 Å². The quantitative estimate of drug-likeness (QED) is 0.322. The monoisotopic (exact) mass is 545 g/mol. The van der Waals surface area contributed by atoms with Crippen LogP contribution < -0.4 is 4.80 Å². The number of fused-ring (bicyclic) bond motifs is 1. The van der Waals surface area contributed by atoms with Gasteiger partial charge in [-0.05, 0) is 68.1 Å². The van der Waals surface area contributed by atoms with E-state index in [1.807, 2.05) is 39.8 Å². The number of ether oxygens (including phenoxy) is 1. The molecule has 0 aliphatic carbocycles. The number of thiazole rings is 1. The summed E-state index contributed by atoms with van der Waals surface area (Å²) in [6.45, 7) is 8.87. The molecular weight excluding hydrogens is 510 g/mol. The number of amides is 1. The van der Waals surface area contributed by atoms with Crippen LogP contribution in [0.15, 0.2) is 46.3 Å². The number of esters is 1. The van der Waals surface area contributed by atoms with E-state index in [-0.39, 0.29) is 17.0 Å². The lowest BCUT2D eigenvalue weighted by Gasteiger charge is -2.22. The van der Waals surface area contributed by atoms with Gasteiger partial charge in [0, 0.05) is 18.7 Å². The molecule has 0 atom stereocenters. The fourth-order valence-corrected chi connectivity index (χ4v) is 6.63. The van der Waals surface area contributed by atoms with Crippen LogP contribution in [0.3, 0.4) is 0 Å². The molecule has 2 aromatic carbocycles. The third-order valence-electron chi connectivity index (χ3n) is 6.09. The van der Waals surface area contributed by atoms with Crippen LogP contribution in [0.25, 0.3) is 10.2 Å². The molecule has 8 nitrogen and oxygen atoms in total. The summed E-state index contributed by atoms with van der Waals surface area (Å²) in [7, 11) is -2.34. The summed E-state index contributed by atoms with van der Waals surface area (Å²) in [6, 6.07) is 9.89. The lowest BCUT2D eigenvalue weighted by Crippen LogP contribution is -2.33. The maximum atomic E-state index is 13.2. The molecule has 0 spiro atoms. The molecule has 0 N–H and O–H groups in total. The van der Waals surface area contributed by atoms with Crippen LogP contribution in [0.5, 0.6) is 0 Å². The van der Waals surface area contributed by atoms with Gasteiger partial charge in [-0.25, -0.2) is 8.42 Å². The van der Waals surface area contributed by atoms with Gasteiger partial charge in [-0.15, -0.1) is 0 Å². The van der Waals surface area contributed by atoms with Gasteiger partial charge < -0.3 is 9.30 Å². The fourth-order valence-electron chi connectivity index (χ4n) is 4.04. The molecule has 0 fully saturated rings. The average molecular weight is 546 g/mol. The molecule has 0 radical (unpaired) electrons. The molecule has 3 aromatic rings. The van der Waals surface area contributed by atoms with Crippen molar-refractivity contribution in [3.8, 4) is 0 Å². The van der Waals surface area contributed by atoms with E-state index in [1.54, 1.807) is 4.57 Å². The van der Waals surface area contributed by atoms with Crippen LogP contribution >= 0.6 is 11.3 Å². The number of unbranched alkanes of at least 4 members (excludes halogenated alkanes) is 2. The van der Waals surface area contributed by atoms with Crippen LogP contribution in [0.2, 0.25) is 0 Å². The third kappa shape index (κ3) is 6.74. The van der Waals surface area contributed by atoms with E-state index >= 15 is 0 Å². The van der Waals surface area contributed by atoms with Gasteiger partial charge in [0.05, 0.1) is 22.2 Å². The number of methoxy groups -OCH3 is 1. The Kier molecular flexibility index (Phi) is 9.80. The number of sulfonamides is 1. The van der Waals surface area contributed by atoms with Crippen LogP contribution in [0.4, 0.5) is 0 Å². The number of nitrogens with zero attached hydrogens (tertiary/aromatic N) is 3. The highest BCUT2D eigenvalue weighted by atomic mass is 32.2. The number of aromatic nitrogens is 1. The summed E-state index contributed by atoms with van der Waals surface area (Å²) in [5.41, 5.74) is 3.13. The van der Waals surface area contributed by atoms with Crippen LogP contribution in [-0.4, -0.2) is 49.4 Å².